The molecule has 1 heterocycles. The van der Waals surface area contributed by atoms with E-state index >= 15 is 0 Å². The van der Waals surface area contributed by atoms with Gasteiger partial charge in [0.15, 0.2) is 5.78 Å². The molecule has 0 saturated heterocycles. The molecule has 0 unspecified atom stereocenters. The minimum Gasteiger partial charge on any atom is -0.334 e. The van der Waals surface area contributed by atoms with Crippen LogP contribution in [0.15, 0.2) is 43.0 Å². The van der Waals surface area contributed by atoms with Crippen LogP contribution < -0.4 is 0 Å². The van der Waals surface area contributed by atoms with Gasteiger partial charge in [0.05, 0.1) is 5.69 Å². The Morgan fingerprint density at radius 2 is 2.20 bits per heavy atom. The Kier molecular flexibility index (Phi) is 2.42. The maximum absolute atomic E-state index is 11.5. The molecule has 0 radical (unpaired) electrons. The molecule has 0 saturated carbocycles. The third-order valence-corrected chi connectivity index (χ3v) is 2.48. The summed E-state index contributed by atoms with van der Waals surface area (Å²) in [5.41, 5.74) is 1.83. The summed E-state index contributed by atoms with van der Waals surface area (Å²) in [6, 6.07) is 9.92. The van der Waals surface area contributed by atoms with E-state index in [1.165, 1.54) is 0 Å². The monoisotopic (exact) mass is 199 g/mol. The van der Waals surface area contributed by atoms with Crippen LogP contribution in [0.1, 0.15) is 17.4 Å². The number of fused-ring (bicyclic) bond motifs is 1. The quantitative estimate of drug-likeness (QED) is 0.550. The Bertz CT molecular complexity index is 522. The van der Waals surface area contributed by atoms with E-state index in [1.807, 2.05) is 34.9 Å². The van der Waals surface area contributed by atoms with Crippen molar-refractivity contribution >= 4 is 16.7 Å². The van der Waals surface area contributed by atoms with Gasteiger partial charge < -0.3 is 4.57 Å². The standard InChI is InChI=1S/C13H13NO/c1-3-8-14-12-7-5-4-6-11(12)9-13(14)10(2)15/h3-7,9H,1,8H2,2H3. The highest BCUT2D eigenvalue weighted by atomic mass is 16.1. The first-order valence-electron chi connectivity index (χ1n) is 4.94. The van der Waals surface area contributed by atoms with Crippen molar-refractivity contribution < 1.29 is 4.79 Å². The summed E-state index contributed by atoms with van der Waals surface area (Å²) in [6.07, 6.45) is 1.80. The molecule has 1 aromatic heterocycles. The van der Waals surface area contributed by atoms with Crippen LogP contribution >= 0.6 is 0 Å². The van der Waals surface area contributed by atoms with Crippen LogP contribution in [0.4, 0.5) is 0 Å². The maximum atomic E-state index is 11.5. The first-order valence-corrected chi connectivity index (χ1v) is 4.94. The number of hydrogen-bond acceptors (Lipinski definition) is 1. The minimum atomic E-state index is 0.0908. The second kappa shape index (κ2) is 3.73. The number of aromatic nitrogens is 1. The average molecular weight is 199 g/mol. The fraction of sp³-hybridized carbons (Fsp3) is 0.154. The highest BCUT2D eigenvalue weighted by Crippen LogP contribution is 2.20. The van der Waals surface area contributed by atoms with E-state index < -0.39 is 0 Å². The molecule has 15 heavy (non-hydrogen) atoms. The lowest BCUT2D eigenvalue weighted by Gasteiger charge is -2.04. The maximum Gasteiger partial charge on any atom is 0.176 e. The molecule has 0 aliphatic rings. The summed E-state index contributed by atoms with van der Waals surface area (Å²) in [5, 5.41) is 1.10. The van der Waals surface area contributed by atoms with E-state index in [-0.39, 0.29) is 5.78 Å². The van der Waals surface area contributed by atoms with E-state index in [0.29, 0.717) is 6.54 Å². The zero-order valence-electron chi connectivity index (χ0n) is 8.73. The van der Waals surface area contributed by atoms with Crippen LogP contribution in [0.25, 0.3) is 10.9 Å². The molecule has 2 aromatic rings. The molecule has 0 atom stereocenters. The number of nitrogens with zero attached hydrogens (tertiary/aromatic N) is 1. The molecule has 2 nitrogen and oxygen atoms in total. The molecular weight excluding hydrogens is 186 g/mol. The topological polar surface area (TPSA) is 22.0 Å². The van der Waals surface area contributed by atoms with Crippen molar-refractivity contribution in [1.82, 2.24) is 4.57 Å². The van der Waals surface area contributed by atoms with Crippen molar-refractivity contribution in [3.8, 4) is 0 Å². The average Bonchev–Trinajstić information content (AvgIpc) is 2.58. The fourth-order valence-corrected chi connectivity index (χ4v) is 1.83. The molecular formula is C13H13NO. The zero-order valence-corrected chi connectivity index (χ0v) is 8.73. The van der Waals surface area contributed by atoms with Gasteiger partial charge in [-0.1, -0.05) is 24.3 Å². The fourth-order valence-electron chi connectivity index (χ4n) is 1.83. The number of hydrogen-bond donors (Lipinski definition) is 0. The summed E-state index contributed by atoms with van der Waals surface area (Å²) in [7, 11) is 0. The number of para-hydroxylation sites is 1. The summed E-state index contributed by atoms with van der Waals surface area (Å²) in [4.78, 5) is 11.5. The Morgan fingerprint density at radius 3 is 2.87 bits per heavy atom. The summed E-state index contributed by atoms with van der Waals surface area (Å²) >= 11 is 0. The molecule has 0 fully saturated rings. The van der Waals surface area contributed by atoms with Crippen molar-refractivity contribution in [3.05, 3.63) is 48.7 Å². The highest BCUT2D eigenvalue weighted by molar-refractivity contribution is 5.98. The van der Waals surface area contributed by atoms with E-state index in [1.54, 1.807) is 13.0 Å². The van der Waals surface area contributed by atoms with E-state index in [4.69, 9.17) is 0 Å². The number of Topliss-reactive ketones (excluding diaryl/α,β-unsaturated/α-hetero) is 1. The third kappa shape index (κ3) is 1.59. The molecule has 0 aliphatic heterocycles. The van der Waals surface area contributed by atoms with Gasteiger partial charge in [-0.05, 0) is 12.1 Å². The van der Waals surface area contributed by atoms with Crippen molar-refractivity contribution in [2.75, 3.05) is 0 Å². The Balaban J connectivity index is 2.73. The second-order valence-corrected chi connectivity index (χ2v) is 3.54. The Hall–Kier alpha value is -1.83. The molecule has 2 rings (SSSR count). The van der Waals surface area contributed by atoms with Gasteiger partial charge in [-0.25, -0.2) is 0 Å². The van der Waals surface area contributed by atoms with Crippen LogP contribution in [0.3, 0.4) is 0 Å². The normalized spacial score (nSPS) is 10.5. The molecule has 0 spiro atoms. The van der Waals surface area contributed by atoms with Gasteiger partial charge in [-0.15, -0.1) is 6.58 Å². The van der Waals surface area contributed by atoms with Crippen LogP contribution in [-0.2, 0) is 6.54 Å². The number of rotatable bonds is 3. The molecule has 0 aliphatic carbocycles. The molecule has 0 N–H and O–H groups in total. The summed E-state index contributed by atoms with van der Waals surface area (Å²) < 4.78 is 1.99. The lowest BCUT2D eigenvalue weighted by Crippen LogP contribution is -2.04. The van der Waals surface area contributed by atoms with Crippen molar-refractivity contribution in [2.24, 2.45) is 0 Å². The highest BCUT2D eigenvalue weighted by Gasteiger charge is 2.10. The van der Waals surface area contributed by atoms with Crippen molar-refractivity contribution in [3.63, 3.8) is 0 Å². The molecule has 0 bridgehead atoms. The molecule has 1 aromatic carbocycles. The predicted octanol–water partition coefficient (Wildman–Crippen LogP) is 3.03. The number of carbonyl (C=O) groups excluding carboxylic acids is 1. The van der Waals surface area contributed by atoms with Gasteiger partial charge in [-0.2, -0.15) is 0 Å². The van der Waals surface area contributed by atoms with E-state index in [2.05, 4.69) is 6.58 Å². The van der Waals surface area contributed by atoms with Gasteiger partial charge in [0.1, 0.15) is 0 Å². The minimum absolute atomic E-state index is 0.0908. The zero-order chi connectivity index (χ0) is 10.8. The first-order chi connectivity index (χ1) is 7.24. The SMILES string of the molecule is C=CCn1c(C(C)=O)cc2ccccc21. The lowest BCUT2D eigenvalue weighted by molar-refractivity contribution is 0.101. The van der Waals surface area contributed by atoms with Gasteiger partial charge >= 0.3 is 0 Å². The third-order valence-electron chi connectivity index (χ3n) is 2.48. The predicted molar refractivity (Wildman–Crippen MR) is 62.1 cm³/mol. The summed E-state index contributed by atoms with van der Waals surface area (Å²) in [5.74, 6) is 0.0908. The Morgan fingerprint density at radius 1 is 1.47 bits per heavy atom. The number of ketones is 1. The van der Waals surface area contributed by atoms with E-state index in [0.717, 1.165) is 16.6 Å². The van der Waals surface area contributed by atoms with Crippen LogP contribution in [0.5, 0.6) is 0 Å². The molecule has 76 valence electrons. The van der Waals surface area contributed by atoms with Gasteiger partial charge in [-0.3, -0.25) is 4.79 Å². The Labute approximate surface area is 88.8 Å². The lowest BCUT2D eigenvalue weighted by atomic mass is 10.2. The van der Waals surface area contributed by atoms with Crippen LogP contribution in [0, 0.1) is 0 Å². The number of allylic oxidation sites excluding steroid dienone is 1. The van der Waals surface area contributed by atoms with Crippen LogP contribution in [0.2, 0.25) is 0 Å². The van der Waals surface area contributed by atoms with E-state index in [9.17, 15) is 4.79 Å². The molecule has 0 amide bonds. The van der Waals surface area contributed by atoms with Crippen LogP contribution in [-0.4, -0.2) is 10.4 Å². The van der Waals surface area contributed by atoms with Gasteiger partial charge in [0.2, 0.25) is 0 Å². The van der Waals surface area contributed by atoms with Gasteiger partial charge in [0, 0.05) is 24.4 Å². The first kappa shape index (κ1) is 9.71. The smallest absolute Gasteiger partial charge is 0.176 e. The molecule has 2 heteroatoms. The number of carbonyl (C=O) groups is 1. The second-order valence-electron chi connectivity index (χ2n) is 3.54. The largest absolute Gasteiger partial charge is 0.334 e. The van der Waals surface area contributed by atoms with Crippen molar-refractivity contribution in [2.45, 2.75) is 13.5 Å². The van der Waals surface area contributed by atoms with Crippen molar-refractivity contribution in [1.29, 1.82) is 0 Å². The van der Waals surface area contributed by atoms with Gasteiger partial charge in [0.25, 0.3) is 0 Å². The summed E-state index contributed by atoms with van der Waals surface area (Å²) in [6.45, 7) is 5.97. The number of benzene rings is 1.